The van der Waals surface area contributed by atoms with Gasteiger partial charge in [0, 0.05) is 25.6 Å². The second-order valence-corrected chi connectivity index (χ2v) is 9.84. The van der Waals surface area contributed by atoms with Crippen LogP contribution in [-0.2, 0) is 11.2 Å². The Morgan fingerprint density at radius 3 is 2.73 bits per heavy atom. The number of oxazole rings is 1. The number of aliphatic imine (C=N–C) groups is 1. The summed E-state index contributed by atoms with van der Waals surface area (Å²) in [4.78, 5) is 23.6. The minimum absolute atomic E-state index is 0.384. The molecule has 1 unspecified atom stereocenters. The summed E-state index contributed by atoms with van der Waals surface area (Å²) in [6, 6.07) is 5.08. The summed E-state index contributed by atoms with van der Waals surface area (Å²) in [5, 5.41) is 1.50. The highest BCUT2D eigenvalue weighted by Crippen LogP contribution is 2.35. The molecule has 1 aliphatic rings. The van der Waals surface area contributed by atoms with Gasteiger partial charge in [-0.15, -0.1) is 0 Å². The number of benzene rings is 1. The first-order chi connectivity index (χ1) is 14.0. The maximum absolute atomic E-state index is 12.7. The van der Waals surface area contributed by atoms with Gasteiger partial charge in [-0.1, -0.05) is 47.1 Å². The van der Waals surface area contributed by atoms with E-state index in [1.165, 1.54) is 11.8 Å². The van der Waals surface area contributed by atoms with Crippen molar-refractivity contribution in [3.63, 3.8) is 0 Å². The highest BCUT2D eigenvalue weighted by atomic mass is 35.5. The SMILES string of the molecule is Cc1nc(CC(N=C2SCCN2C(=O)OC(C)(C)C)c2cccc(Cl)c2Cl)c(C)o1. The van der Waals surface area contributed by atoms with Crippen LogP contribution in [0.3, 0.4) is 0 Å². The Bertz CT molecular complexity index is 969. The van der Waals surface area contributed by atoms with Crippen molar-refractivity contribution in [1.29, 1.82) is 0 Å². The van der Waals surface area contributed by atoms with E-state index in [9.17, 15) is 4.79 Å². The fourth-order valence-electron chi connectivity index (χ4n) is 3.08. The van der Waals surface area contributed by atoms with Gasteiger partial charge in [-0.25, -0.2) is 9.78 Å². The van der Waals surface area contributed by atoms with E-state index in [-0.39, 0.29) is 6.04 Å². The summed E-state index contributed by atoms with van der Waals surface area (Å²) < 4.78 is 11.1. The van der Waals surface area contributed by atoms with Gasteiger partial charge in [0.15, 0.2) is 11.1 Å². The molecular formula is C21H25Cl2N3O3S. The molecule has 0 bridgehead atoms. The highest BCUT2D eigenvalue weighted by Gasteiger charge is 2.31. The zero-order chi connectivity index (χ0) is 22.1. The fourth-order valence-corrected chi connectivity index (χ4v) is 4.49. The van der Waals surface area contributed by atoms with Gasteiger partial charge in [-0.2, -0.15) is 0 Å². The molecule has 30 heavy (non-hydrogen) atoms. The van der Waals surface area contributed by atoms with E-state index in [1.807, 2.05) is 39.8 Å². The predicted octanol–water partition coefficient (Wildman–Crippen LogP) is 6.22. The lowest BCUT2D eigenvalue weighted by Gasteiger charge is -2.25. The first-order valence-corrected chi connectivity index (χ1v) is 11.4. The normalized spacial score (nSPS) is 16.9. The molecule has 162 valence electrons. The molecule has 0 spiro atoms. The first kappa shape index (κ1) is 23.0. The molecular weight excluding hydrogens is 445 g/mol. The number of ether oxygens (including phenoxy) is 1. The maximum atomic E-state index is 12.7. The van der Waals surface area contributed by atoms with Crippen molar-refractivity contribution in [2.75, 3.05) is 12.3 Å². The number of amidine groups is 1. The summed E-state index contributed by atoms with van der Waals surface area (Å²) in [5.41, 5.74) is 0.985. The number of amides is 1. The van der Waals surface area contributed by atoms with Crippen molar-refractivity contribution in [2.45, 2.75) is 52.7 Å². The average molecular weight is 470 g/mol. The Balaban J connectivity index is 1.98. The van der Waals surface area contributed by atoms with Crippen molar-refractivity contribution >= 4 is 46.2 Å². The van der Waals surface area contributed by atoms with Crippen LogP contribution in [0.5, 0.6) is 0 Å². The molecule has 2 aromatic rings. The third kappa shape index (κ3) is 5.50. The molecule has 1 fully saturated rings. The van der Waals surface area contributed by atoms with Crippen molar-refractivity contribution in [3.8, 4) is 0 Å². The van der Waals surface area contributed by atoms with Crippen LogP contribution in [0, 0.1) is 13.8 Å². The van der Waals surface area contributed by atoms with E-state index in [0.717, 1.165) is 22.8 Å². The smallest absolute Gasteiger partial charge is 0.416 e. The first-order valence-electron chi connectivity index (χ1n) is 9.63. The predicted molar refractivity (Wildman–Crippen MR) is 122 cm³/mol. The molecule has 9 heteroatoms. The number of nitrogens with zero attached hydrogens (tertiary/aromatic N) is 3. The molecule has 0 N–H and O–H groups in total. The van der Waals surface area contributed by atoms with E-state index in [0.29, 0.717) is 34.1 Å². The summed E-state index contributed by atoms with van der Waals surface area (Å²) >= 11 is 14.3. The Hall–Kier alpha value is -1.70. The van der Waals surface area contributed by atoms with Gasteiger partial charge in [0.05, 0.1) is 21.8 Å². The number of hydrogen-bond acceptors (Lipinski definition) is 6. The minimum Gasteiger partial charge on any atom is -0.446 e. The maximum Gasteiger partial charge on any atom is 0.416 e. The van der Waals surface area contributed by atoms with Gasteiger partial charge in [0.2, 0.25) is 0 Å². The van der Waals surface area contributed by atoms with Crippen molar-refractivity contribution in [3.05, 3.63) is 51.2 Å². The number of aromatic nitrogens is 1. The van der Waals surface area contributed by atoms with E-state index in [1.54, 1.807) is 17.9 Å². The highest BCUT2D eigenvalue weighted by molar-refractivity contribution is 8.14. The van der Waals surface area contributed by atoms with Gasteiger partial charge in [-0.3, -0.25) is 9.89 Å². The molecule has 1 atom stereocenters. The zero-order valence-corrected chi connectivity index (χ0v) is 20.0. The van der Waals surface area contributed by atoms with Crippen LogP contribution in [0.1, 0.15) is 49.7 Å². The number of thioether (sulfide) groups is 1. The van der Waals surface area contributed by atoms with Crippen molar-refractivity contribution in [1.82, 2.24) is 9.88 Å². The quantitative estimate of drug-likeness (QED) is 0.531. The summed E-state index contributed by atoms with van der Waals surface area (Å²) in [5.74, 6) is 2.08. The molecule has 0 aliphatic carbocycles. The monoisotopic (exact) mass is 469 g/mol. The number of aryl methyl sites for hydroxylation is 2. The molecule has 1 saturated heterocycles. The molecule has 1 amide bonds. The Kier molecular flexibility index (Phi) is 7.05. The third-order valence-corrected chi connectivity index (χ3v) is 6.19. The van der Waals surface area contributed by atoms with Gasteiger partial charge in [-0.05, 0) is 39.3 Å². The molecule has 2 heterocycles. The minimum atomic E-state index is -0.583. The average Bonchev–Trinajstić information content (AvgIpc) is 3.21. The number of halogens is 2. The van der Waals surface area contributed by atoms with Gasteiger partial charge < -0.3 is 9.15 Å². The summed E-state index contributed by atoms with van der Waals surface area (Å²) in [7, 11) is 0. The number of carbonyl (C=O) groups is 1. The van der Waals surface area contributed by atoms with Crippen LogP contribution in [0.4, 0.5) is 4.79 Å². The van der Waals surface area contributed by atoms with Crippen molar-refractivity contribution in [2.24, 2.45) is 4.99 Å². The van der Waals surface area contributed by atoms with E-state index in [4.69, 9.17) is 37.3 Å². The molecule has 0 radical (unpaired) electrons. The van der Waals surface area contributed by atoms with Crippen LogP contribution in [-0.4, -0.2) is 39.0 Å². The fraction of sp³-hybridized carbons (Fsp3) is 0.476. The summed E-state index contributed by atoms with van der Waals surface area (Å²) in [6.45, 7) is 9.74. The van der Waals surface area contributed by atoms with Crippen LogP contribution in [0.15, 0.2) is 27.6 Å². The lowest BCUT2D eigenvalue weighted by molar-refractivity contribution is 0.0385. The van der Waals surface area contributed by atoms with Crippen LogP contribution >= 0.6 is 35.0 Å². The largest absolute Gasteiger partial charge is 0.446 e. The molecule has 0 saturated carbocycles. The lowest BCUT2D eigenvalue weighted by atomic mass is 10.0. The van der Waals surface area contributed by atoms with E-state index < -0.39 is 11.7 Å². The Labute approximate surface area is 191 Å². The molecule has 3 rings (SSSR count). The third-order valence-electron chi connectivity index (χ3n) is 4.38. The Morgan fingerprint density at radius 2 is 2.10 bits per heavy atom. The van der Waals surface area contributed by atoms with Gasteiger partial charge in [0.25, 0.3) is 0 Å². The standard InChI is InChI=1S/C21H25Cl2N3O3S/c1-12-16(24-13(2)28-12)11-17(14-7-6-8-15(22)18(14)23)25-19-26(9-10-30-19)20(27)29-21(3,4)5/h6-8,17H,9-11H2,1-5H3. The van der Waals surface area contributed by atoms with E-state index in [2.05, 4.69) is 4.98 Å². The summed E-state index contributed by atoms with van der Waals surface area (Å²) in [6.07, 6.45) is 0.0609. The second-order valence-electron chi connectivity index (χ2n) is 7.99. The van der Waals surface area contributed by atoms with Gasteiger partial charge >= 0.3 is 6.09 Å². The molecule has 1 aliphatic heterocycles. The number of carbonyl (C=O) groups excluding carboxylic acids is 1. The van der Waals surface area contributed by atoms with Crippen LogP contribution < -0.4 is 0 Å². The topological polar surface area (TPSA) is 67.9 Å². The molecule has 1 aromatic carbocycles. The van der Waals surface area contributed by atoms with Gasteiger partial charge in [0.1, 0.15) is 11.4 Å². The second kappa shape index (κ2) is 9.20. The Morgan fingerprint density at radius 1 is 1.37 bits per heavy atom. The lowest BCUT2D eigenvalue weighted by Crippen LogP contribution is -2.37. The molecule has 6 nitrogen and oxygen atoms in total. The molecule has 1 aromatic heterocycles. The number of hydrogen-bond donors (Lipinski definition) is 0. The number of rotatable bonds is 4. The zero-order valence-electron chi connectivity index (χ0n) is 17.7. The van der Waals surface area contributed by atoms with E-state index >= 15 is 0 Å². The van der Waals surface area contributed by atoms with Crippen LogP contribution in [0.2, 0.25) is 10.0 Å². The van der Waals surface area contributed by atoms with Crippen molar-refractivity contribution < 1.29 is 13.9 Å². The van der Waals surface area contributed by atoms with Crippen LogP contribution in [0.25, 0.3) is 0 Å².